The summed E-state index contributed by atoms with van der Waals surface area (Å²) in [6.45, 7) is 3.53. The summed E-state index contributed by atoms with van der Waals surface area (Å²) in [6.07, 6.45) is 0. The molecule has 1 aromatic rings. The molecule has 0 heterocycles. The molecule has 0 aromatic heterocycles. The van der Waals surface area contributed by atoms with Crippen LogP contribution in [0.25, 0.3) is 0 Å². The predicted molar refractivity (Wildman–Crippen MR) is 54.0 cm³/mol. The predicted octanol–water partition coefficient (Wildman–Crippen LogP) is 3.09. The van der Waals surface area contributed by atoms with Crippen LogP contribution in [0.4, 0.5) is 0 Å². The summed E-state index contributed by atoms with van der Waals surface area (Å²) in [7, 11) is 0. The van der Waals surface area contributed by atoms with E-state index in [4.69, 9.17) is 0 Å². The fourth-order valence-corrected chi connectivity index (χ4v) is 0.968. The van der Waals surface area contributed by atoms with Gasteiger partial charge in [-0.15, -0.1) is 0 Å². The maximum Gasteiger partial charge on any atom is 0.160 e. The summed E-state index contributed by atoms with van der Waals surface area (Å²) >= 11 is 0. The second kappa shape index (κ2) is 16.2. The number of benzene rings is 1. The number of aryl methyl sites for hydroxylation is 1. The van der Waals surface area contributed by atoms with Crippen LogP contribution in [0.1, 0.15) is 22.8 Å². The van der Waals surface area contributed by atoms with Gasteiger partial charge in [0, 0.05) is 104 Å². The average Bonchev–Trinajstić information content (AvgIpc) is 1.88. The van der Waals surface area contributed by atoms with Crippen molar-refractivity contribution in [3.63, 3.8) is 0 Å². The second-order valence-corrected chi connectivity index (χ2v) is 2.37. The molecule has 0 amide bonds. The van der Waals surface area contributed by atoms with Crippen LogP contribution in [0.5, 0.6) is 0 Å². The maximum absolute atomic E-state index is 10.9. The van der Waals surface area contributed by atoms with Crippen LogP contribution in [-0.4, -0.2) is 5.78 Å². The molecule has 1 nitrogen and oxygen atoms in total. The van der Waals surface area contributed by atoms with Gasteiger partial charge < -0.3 is 14.9 Å². The van der Waals surface area contributed by atoms with Gasteiger partial charge in [0.25, 0.3) is 0 Å². The van der Waals surface area contributed by atoms with Gasteiger partial charge in [-0.1, -0.05) is 24.3 Å². The first-order chi connectivity index (χ1) is 4.72. The molecule has 0 aliphatic heterocycles. The Kier molecular flexibility index (Phi) is 32.8. The first kappa shape index (κ1) is 30.3. The van der Waals surface area contributed by atoms with Gasteiger partial charge in [-0.3, -0.25) is 4.79 Å². The number of hydrogen-bond donors (Lipinski definition) is 0. The zero-order valence-electron chi connectivity index (χ0n) is 9.95. The van der Waals surface area contributed by atoms with Gasteiger partial charge >= 0.3 is 0 Å². The van der Waals surface area contributed by atoms with E-state index in [9.17, 15) is 4.79 Å². The Morgan fingerprint density at radius 3 is 1.67 bits per heavy atom. The van der Waals surface area contributed by atoms with Gasteiger partial charge in [-0.2, -0.15) is 0 Å². The van der Waals surface area contributed by atoms with Gasteiger partial charge in [0.15, 0.2) is 5.78 Å². The molecule has 0 unspecified atom stereocenters. The maximum atomic E-state index is 10.9. The summed E-state index contributed by atoms with van der Waals surface area (Å²) in [5.74, 6) is 0.137. The minimum absolute atomic E-state index is 0. The number of carbonyl (C=O) groups excluding carboxylic acids is 1. The van der Waals surface area contributed by atoms with Gasteiger partial charge in [-0.25, -0.2) is 0 Å². The molecular formula is C11H16OY3-2. The van der Waals surface area contributed by atoms with E-state index in [1.807, 2.05) is 31.2 Å². The number of ketones is 1. The zero-order valence-corrected chi connectivity index (χ0v) is 18.5. The number of carbonyl (C=O) groups is 1. The fourth-order valence-electron chi connectivity index (χ4n) is 0.968. The van der Waals surface area contributed by atoms with Crippen molar-refractivity contribution in [3.8, 4) is 0 Å². The zero-order chi connectivity index (χ0) is 7.56. The van der Waals surface area contributed by atoms with E-state index in [0.29, 0.717) is 0 Å². The van der Waals surface area contributed by atoms with Gasteiger partial charge in [0.05, 0.1) is 0 Å². The molecule has 77 valence electrons. The van der Waals surface area contributed by atoms with Crippen LogP contribution in [-0.2, 0) is 98.1 Å². The van der Waals surface area contributed by atoms with Crippen molar-refractivity contribution in [3.05, 3.63) is 50.2 Å². The van der Waals surface area contributed by atoms with Crippen molar-refractivity contribution < 1.29 is 103 Å². The van der Waals surface area contributed by atoms with Crippen LogP contribution in [0, 0.1) is 21.8 Å². The molecule has 0 saturated carbocycles. The minimum Gasteiger partial charge on any atom is -0.358 e. The molecule has 0 atom stereocenters. The molecule has 4 heteroatoms. The summed E-state index contributed by atoms with van der Waals surface area (Å²) in [4.78, 5) is 10.9. The molecular weight excluding hydrogens is 415 g/mol. The molecule has 0 fully saturated rings. The Morgan fingerprint density at radius 1 is 1.00 bits per heavy atom. The summed E-state index contributed by atoms with van der Waals surface area (Å²) < 4.78 is 0. The molecule has 0 spiro atoms. The third kappa shape index (κ3) is 11.0. The van der Waals surface area contributed by atoms with E-state index >= 15 is 0 Å². The smallest absolute Gasteiger partial charge is 0.160 e. The Hall–Kier alpha value is 2.20. The number of rotatable bonds is 1. The SMILES string of the molecule is CC(=O)c1ccccc1C.[CH3-].[CH3-].[Y].[Y].[Y]. The standard InChI is InChI=1S/C9H10O.2CH3.3Y/c1-7-5-3-4-6-9(7)8(2)10;;;;;/h3-6H,1-2H3;2*1H3;;;/q;2*-1;;;. The fraction of sp³-hybridized carbons (Fsp3) is 0.182. The normalized spacial score (nSPS) is 6.27. The average molecular weight is 431 g/mol. The van der Waals surface area contributed by atoms with Crippen molar-refractivity contribution in [2.75, 3.05) is 0 Å². The van der Waals surface area contributed by atoms with Crippen molar-refractivity contribution >= 4 is 5.78 Å². The Morgan fingerprint density at radius 2 is 1.40 bits per heavy atom. The third-order valence-corrected chi connectivity index (χ3v) is 1.52. The van der Waals surface area contributed by atoms with Crippen LogP contribution in [0.2, 0.25) is 0 Å². The van der Waals surface area contributed by atoms with E-state index < -0.39 is 0 Å². The van der Waals surface area contributed by atoms with E-state index in [0.717, 1.165) is 11.1 Å². The van der Waals surface area contributed by atoms with Crippen LogP contribution in [0.15, 0.2) is 24.3 Å². The number of hydrogen-bond acceptors (Lipinski definition) is 1. The van der Waals surface area contributed by atoms with Crippen LogP contribution < -0.4 is 0 Å². The molecule has 3 radical (unpaired) electrons. The third-order valence-electron chi connectivity index (χ3n) is 1.52. The van der Waals surface area contributed by atoms with Crippen molar-refractivity contribution in [2.45, 2.75) is 13.8 Å². The second-order valence-electron chi connectivity index (χ2n) is 2.37. The van der Waals surface area contributed by atoms with Crippen LogP contribution >= 0.6 is 0 Å². The van der Waals surface area contributed by atoms with Gasteiger partial charge in [-0.05, 0) is 19.4 Å². The first-order valence-corrected chi connectivity index (χ1v) is 3.28. The molecule has 0 saturated heterocycles. The molecule has 1 rings (SSSR count). The van der Waals surface area contributed by atoms with Crippen molar-refractivity contribution in [2.24, 2.45) is 0 Å². The van der Waals surface area contributed by atoms with Crippen molar-refractivity contribution in [1.82, 2.24) is 0 Å². The Balaban J connectivity index is -0.0000000667. The van der Waals surface area contributed by atoms with E-state index in [1.54, 1.807) is 6.92 Å². The Bertz CT molecular complexity index is 262. The van der Waals surface area contributed by atoms with E-state index in [2.05, 4.69) is 0 Å². The monoisotopic (exact) mass is 431 g/mol. The largest absolute Gasteiger partial charge is 0.358 e. The summed E-state index contributed by atoms with van der Waals surface area (Å²) in [6, 6.07) is 7.60. The first-order valence-electron chi connectivity index (χ1n) is 3.28. The van der Waals surface area contributed by atoms with E-state index in [1.165, 1.54) is 0 Å². The minimum atomic E-state index is 0. The quantitative estimate of drug-likeness (QED) is 0.494. The summed E-state index contributed by atoms with van der Waals surface area (Å²) in [5.41, 5.74) is 1.87. The molecule has 15 heavy (non-hydrogen) atoms. The topological polar surface area (TPSA) is 17.1 Å². The molecule has 0 N–H and O–H groups in total. The van der Waals surface area contributed by atoms with Crippen LogP contribution in [0.3, 0.4) is 0 Å². The molecule has 1 aromatic carbocycles. The Labute approximate surface area is 170 Å². The van der Waals surface area contributed by atoms with Gasteiger partial charge in [0.2, 0.25) is 0 Å². The number of Topliss-reactive ketones (excluding diaryl/α,β-unsaturated/α-hetero) is 1. The molecule has 0 bridgehead atoms. The van der Waals surface area contributed by atoms with Gasteiger partial charge in [0.1, 0.15) is 0 Å². The van der Waals surface area contributed by atoms with Crippen molar-refractivity contribution in [1.29, 1.82) is 0 Å². The molecule has 0 aliphatic carbocycles. The molecule has 0 aliphatic rings. The summed E-state index contributed by atoms with van der Waals surface area (Å²) in [5, 5.41) is 0. The van der Waals surface area contributed by atoms with E-state index in [-0.39, 0.29) is 119 Å².